The maximum absolute atomic E-state index is 10.0. The van der Waals surface area contributed by atoms with Gasteiger partial charge in [-0.05, 0) is 30.7 Å². The molecule has 20 heavy (non-hydrogen) atoms. The van der Waals surface area contributed by atoms with Crippen molar-refractivity contribution in [3.05, 3.63) is 35.5 Å². The van der Waals surface area contributed by atoms with E-state index in [1.165, 1.54) is 4.90 Å². The van der Waals surface area contributed by atoms with Crippen LogP contribution in [0.2, 0.25) is 0 Å². The Bertz CT molecular complexity index is 541. The fourth-order valence-electron chi connectivity index (χ4n) is 1.96. The van der Waals surface area contributed by atoms with Crippen LogP contribution in [-0.4, -0.2) is 33.9 Å². The summed E-state index contributed by atoms with van der Waals surface area (Å²) in [6.07, 6.45) is 1.29. The molecule has 4 heteroatoms. The van der Waals surface area contributed by atoms with E-state index in [-0.39, 0.29) is 4.75 Å². The molecule has 0 radical (unpaired) electrons. The van der Waals surface area contributed by atoms with Crippen LogP contribution in [0.1, 0.15) is 33.3 Å². The number of amidine groups is 1. The van der Waals surface area contributed by atoms with Crippen LogP contribution in [0.5, 0.6) is 0 Å². The second kappa shape index (κ2) is 5.62. The number of hydrogen-bond acceptors (Lipinski definition) is 4. The third-order valence-electron chi connectivity index (χ3n) is 3.05. The summed E-state index contributed by atoms with van der Waals surface area (Å²) in [5, 5.41) is 10.0. The lowest BCUT2D eigenvalue weighted by molar-refractivity contribution is 0.114. The van der Waals surface area contributed by atoms with Crippen LogP contribution in [0.4, 0.5) is 0 Å². The lowest BCUT2D eigenvalue weighted by Gasteiger charge is -2.17. The number of benzene rings is 1. The van der Waals surface area contributed by atoms with Gasteiger partial charge in [-0.15, -0.1) is 11.8 Å². The molecule has 108 valence electrons. The number of nitrogens with zero attached hydrogens (tertiary/aromatic N) is 2. The van der Waals surface area contributed by atoms with Gasteiger partial charge in [0.15, 0.2) is 6.23 Å². The van der Waals surface area contributed by atoms with Gasteiger partial charge < -0.3 is 10.0 Å². The molecule has 3 nitrogen and oxygen atoms in total. The van der Waals surface area contributed by atoms with Gasteiger partial charge in [0.2, 0.25) is 0 Å². The molecule has 0 spiro atoms. The van der Waals surface area contributed by atoms with Crippen molar-refractivity contribution >= 4 is 23.7 Å². The fraction of sp³-hybridized carbons (Fsp3) is 0.438. The molecule has 0 aromatic heterocycles. The summed E-state index contributed by atoms with van der Waals surface area (Å²) in [6.45, 7) is 8.51. The number of hydrogen-bond donors (Lipinski definition) is 1. The van der Waals surface area contributed by atoms with E-state index in [1.54, 1.807) is 4.90 Å². The summed E-state index contributed by atoms with van der Waals surface area (Å²) in [4.78, 5) is 7.39. The summed E-state index contributed by atoms with van der Waals surface area (Å²) >= 11 is 1.85. The van der Waals surface area contributed by atoms with Gasteiger partial charge in [0.25, 0.3) is 0 Å². The van der Waals surface area contributed by atoms with Gasteiger partial charge in [0.05, 0.1) is 5.70 Å². The molecule has 1 aromatic carbocycles. The van der Waals surface area contributed by atoms with E-state index in [9.17, 15) is 5.11 Å². The maximum Gasteiger partial charge on any atom is 0.171 e. The third kappa shape index (κ3) is 3.64. The van der Waals surface area contributed by atoms with Gasteiger partial charge in [-0.3, -0.25) is 0 Å². The Hall–Kier alpha value is -1.26. The highest BCUT2D eigenvalue weighted by Gasteiger charge is 2.23. The first-order valence-corrected chi connectivity index (χ1v) is 7.55. The molecule has 1 N–H and O–H groups in total. The van der Waals surface area contributed by atoms with Crippen LogP contribution < -0.4 is 0 Å². The van der Waals surface area contributed by atoms with Crippen molar-refractivity contribution in [2.45, 2.75) is 43.6 Å². The Morgan fingerprint density at radius 3 is 2.30 bits per heavy atom. The lowest BCUT2D eigenvalue weighted by atomic mass is 10.2. The molecule has 1 unspecified atom stereocenters. The van der Waals surface area contributed by atoms with E-state index in [2.05, 4.69) is 50.0 Å². The SMILES string of the molecule is CC1=N/C(=C\c2ccc(SC(C)(C)C)cc2)C(O)N1C. The number of rotatable bonds is 2. The number of aliphatic hydroxyl groups excluding tert-OH is 1. The smallest absolute Gasteiger partial charge is 0.171 e. The Morgan fingerprint density at radius 2 is 1.85 bits per heavy atom. The van der Waals surface area contributed by atoms with Gasteiger partial charge in [-0.25, -0.2) is 4.99 Å². The summed E-state index contributed by atoms with van der Waals surface area (Å²) in [5.74, 6) is 0.837. The highest BCUT2D eigenvalue weighted by molar-refractivity contribution is 8.00. The molecular formula is C16H22N2OS. The van der Waals surface area contributed by atoms with Gasteiger partial charge in [0, 0.05) is 16.7 Å². The van der Waals surface area contributed by atoms with Crippen LogP contribution in [0.15, 0.2) is 39.9 Å². The molecule has 0 amide bonds. The molecular weight excluding hydrogens is 268 g/mol. The molecule has 1 aromatic rings. The Labute approximate surface area is 125 Å². The quantitative estimate of drug-likeness (QED) is 0.845. The zero-order valence-electron chi connectivity index (χ0n) is 12.7. The van der Waals surface area contributed by atoms with Crippen LogP contribution in [0.25, 0.3) is 6.08 Å². The van der Waals surface area contributed by atoms with Gasteiger partial charge >= 0.3 is 0 Å². The van der Waals surface area contributed by atoms with Crippen LogP contribution in [0.3, 0.4) is 0 Å². The second-order valence-electron chi connectivity index (χ2n) is 6.00. The summed E-state index contributed by atoms with van der Waals surface area (Å²) in [6, 6.07) is 8.36. The van der Waals surface area contributed by atoms with E-state index in [0.29, 0.717) is 5.70 Å². The van der Waals surface area contributed by atoms with E-state index in [0.717, 1.165) is 11.4 Å². The monoisotopic (exact) mass is 290 g/mol. The normalized spacial score (nSPS) is 21.5. The van der Waals surface area contributed by atoms with Crippen molar-refractivity contribution in [2.75, 3.05) is 7.05 Å². The molecule has 1 heterocycles. The molecule has 0 saturated carbocycles. The molecule has 1 aliphatic heterocycles. The molecule has 0 fully saturated rings. The maximum atomic E-state index is 10.0. The third-order valence-corrected chi connectivity index (χ3v) is 4.17. The molecule has 1 atom stereocenters. The minimum atomic E-state index is -0.640. The summed E-state index contributed by atoms with van der Waals surface area (Å²) in [7, 11) is 1.84. The molecule has 0 bridgehead atoms. The zero-order chi connectivity index (χ0) is 14.9. The highest BCUT2D eigenvalue weighted by atomic mass is 32.2. The highest BCUT2D eigenvalue weighted by Crippen LogP contribution is 2.32. The Kier molecular flexibility index (Phi) is 4.25. The van der Waals surface area contributed by atoms with Crippen molar-refractivity contribution in [3.8, 4) is 0 Å². The summed E-state index contributed by atoms with van der Waals surface area (Å²) in [5.41, 5.74) is 1.75. The van der Waals surface area contributed by atoms with Gasteiger partial charge in [0.1, 0.15) is 5.84 Å². The average molecular weight is 290 g/mol. The van der Waals surface area contributed by atoms with Crippen molar-refractivity contribution in [2.24, 2.45) is 4.99 Å². The molecule has 2 rings (SSSR count). The first-order valence-electron chi connectivity index (χ1n) is 6.73. The predicted molar refractivity (Wildman–Crippen MR) is 86.9 cm³/mol. The topological polar surface area (TPSA) is 35.8 Å². The van der Waals surface area contributed by atoms with Crippen LogP contribution in [0, 0.1) is 0 Å². The number of aliphatic imine (C=N–C) groups is 1. The second-order valence-corrected chi connectivity index (χ2v) is 7.90. The van der Waals surface area contributed by atoms with Crippen molar-refractivity contribution in [1.29, 1.82) is 0 Å². The van der Waals surface area contributed by atoms with E-state index >= 15 is 0 Å². The minimum absolute atomic E-state index is 0.214. The predicted octanol–water partition coefficient (Wildman–Crippen LogP) is 3.60. The number of thioether (sulfide) groups is 1. The lowest BCUT2D eigenvalue weighted by Crippen LogP contribution is -2.30. The van der Waals surface area contributed by atoms with E-state index < -0.39 is 6.23 Å². The van der Waals surface area contributed by atoms with Crippen LogP contribution in [-0.2, 0) is 0 Å². The molecule has 0 saturated heterocycles. The zero-order valence-corrected chi connectivity index (χ0v) is 13.5. The minimum Gasteiger partial charge on any atom is -0.368 e. The van der Waals surface area contributed by atoms with Crippen LogP contribution >= 0.6 is 11.8 Å². The van der Waals surface area contributed by atoms with Crippen molar-refractivity contribution in [3.63, 3.8) is 0 Å². The standard InChI is InChI=1S/C16H22N2OS/c1-11-17-14(15(19)18(11)5)10-12-6-8-13(9-7-12)20-16(2,3)4/h6-10,15,19H,1-5H3/b14-10-. The Morgan fingerprint density at radius 1 is 1.25 bits per heavy atom. The summed E-state index contributed by atoms with van der Waals surface area (Å²) < 4.78 is 0.214. The van der Waals surface area contributed by atoms with Crippen molar-refractivity contribution in [1.82, 2.24) is 4.90 Å². The van der Waals surface area contributed by atoms with Crippen molar-refractivity contribution < 1.29 is 5.11 Å². The first-order chi connectivity index (χ1) is 9.26. The number of likely N-dealkylation sites (N-methyl/N-ethyl adjacent to an activating group) is 1. The van der Waals surface area contributed by atoms with E-state index in [4.69, 9.17) is 0 Å². The Balaban J connectivity index is 2.16. The molecule has 0 aliphatic carbocycles. The van der Waals surface area contributed by atoms with E-state index in [1.807, 2.05) is 31.8 Å². The number of aliphatic hydroxyl groups is 1. The largest absolute Gasteiger partial charge is 0.368 e. The van der Waals surface area contributed by atoms with Gasteiger partial charge in [-0.1, -0.05) is 32.9 Å². The first kappa shape index (κ1) is 15.1. The average Bonchev–Trinajstić information content (AvgIpc) is 2.58. The van der Waals surface area contributed by atoms with Gasteiger partial charge in [-0.2, -0.15) is 0 Å². The molecule has 1 aliphatic rings. The fourth-order valence-corrected chi connectivity index (χ4v) is 2.94.